The highest BCUT2D eigenvalue weighted by Gasteiger charge is 2.16. The van der Waals surface area contributed by atoms with Crippen LogP contribution in [0.1, 0.15) is 0 Å². The largest absolute Gasteiger partial charge is 0.0759 e. The van der Waals surface area contributed by atoms with Crippen molar-refractivity contribution in [3.8, 4) is 0 Å². The summed E-state index contributed by atoms with van der Waals surface area (Å²) in [7, 11) is 4.14. The molecule has 0 heterocycles. The van der Waals surface area contributed by atoms with Crippen molar-refractivity contribution in [3.05, 3.63) is 0 Å². The zero-order valence-corrected chi connectivity index (χ0v) is 10.7. The number of hydrogen-bond donors (Lipinski definition) is 0. The highest BCUT2D eigenvalue weighted by molar-refractivity contribution is 7.37. The molecule has 0 aliphatic heterocycles. The highest BCUT2D eigenvalue weighted by atomic mass is 29.5. The molecule has 9 heavy (non-hydrogen) atoms. The Balaban J connectivity index is 3.47. The number of rotatable bonds is 3. The summed E-state index contributed by atoms with van der Waals surface area (Å²) in [6.45, 7) is 9.63. The zero-order chi connectivity index (χ0) is 7.49. The lowest BCUT2D eigenvalue weighted by atomic mass is 11.8. The standard InChI is InChI=1S/C5H14Si4/c1-7-8(6)5-9(2,3)4/h5H2,1-4H3. The first-order chi connectivity index (χ1) is 3.95. The molecule has 0 spiro atoms. The number of hydrogen-bond acceptors (Lipinski definition) is 0. The third kappa shape index (κ3) is 6.76. The maximum Gasteiger partial charge on any atom is 0.0409 e. The molecule has 0 atom stereocenters. The van der Waals surface area contributed by atoms with Gasteiger partial charge in [0, 0.05) is 34.7 Å². The van der Waals surface area contributed by atoms with Crippen LogP contribution in [-0.2, 0) is 0 Å². The van der Waals surface area contributed by atoms with Gasteiger partial charge in [-0.1, -0.05) is 31.9 Å². The Morgan fingerprint density at radius 1 is 1.44 bits per heavy atom. The van der Waals surface area contributed by atoms with Gasteiger partial charge >= 0.3 is 0 Å². The smallest absolute Gasteiger partial charge is 0.0409 e. The molecule has 0 aromatic carbocycles. The highest BCUT2D eigenvalue weighted by Crippen LogP contribution is 2.07. The Labute approximate surface area is 66.9 Å². The van der Waals surface area contributed by atoms with Crippen molar-refractivity contribution in [2.24, 2.45) is 0 Å². The van der Waals surface area contributed by atoms with Crippen LogP contribution < -0.4 is 0 Å². The quantitative estimate of drug-likeness (QED) is 0.583. The van der Waals surface area contributed by atoms with Crippen molar-refractivity contribution in [2.45, 2.75) is 31.9 Å². The molecule has 0 amide bonds. The van der Waals surface area contributed by atoms with Gasteiger partial charge in [-0.05, 0) is 0 Å². The van der Waals surface area contributed by atoms with E-state index in [1.165, 1.54) is 5.67 Å². The van der Waals surface area contributed by atoms with E-state index in [1.54, 1.807) is 0 Å². The molecular weight excluding hydrogens is 172 g/mol. The average Bonchev–Trinajstić information content (AvgIpc) is 1.62. The van der Waals surface area contributed by atoms with E-state index in [0.717, 1.165) is 9.04 Å². The van der Waals surface area contributed by atoms with Gasteiger partial charge in [-0.25, -0.2) is 0 Å². The normalized spacial score (nSPS) is 12.7. The summed E-state index contributed by atoms with van der Waals surface area (Å²) in [5.41, 5.74) is 1.52. The topological polar surface area (TPSA) is 0 Å². The first kappa shape index (κ1) is 9.87. The van der Waals surface area contributed by atoms with Crippen LogP contribution in [0.15, 0.2) is 0 Å². The minimum absolute atomic E-state index is 0.0913. The van der Waals surface area contributed by atoms with Crippen LogP contribution in [0.3, 0.4) is 0 Å². The second-order valence-corrected chi connectivity index (χ2v) is 18.1. The van der Waals surface area contributed by atoms with Gasteiger partial charge < -0.3 is 0 Å². The van der Waals surface area contributed by atoms with Crippen LogP contribution >= 0.6 is 0 Å². The summed E-state index contributed by atoms with van der Waals surface area (Å²) < 4.78 is 0. The molecule has 0 N–H and O–H groups in total. The minimum atomic E-state index is -0.738. The molecule has 0 unspecified atom stereocenters. The summed E-state index contributed by atoms with van der Waals surface area (Å²) in [5.74, 6) is 0. The maximum absolute atomic E-state index is 3.81. The van der Waals surface area contributed by atoms with Gasteiger partial charge in [-0.3, -0.25) is 0 Å². The van der Waals surface area contributed by atoms with Crippen molar-refractivity contribution in [2.75, 3.05) is 0 Å². The van der Waals surface area contributed by atoms with E-state index in [-0.39, 0.29) is 7.83 Å². The molecule has 0 bridgehead atoms. The fourth-order valence-corrected chi connectivity index (χ4v) is 16.7. The molecule has 0 aromatic rings. The van der Waals surface area contributed by atoms with Crippen molar-refractivity contribution in [1.82, 2.24) is 0 Å². The van der Waals surface area contributed by atoms with E-state index in [1.807, 2.05) is 0 Å². The van der Waals surface area contributed by atoms with Gasteiger partial charge in [0.15, 0.2) is 0 Å². The lowest BCUT2D eigenvalue weighted by molar-refractivity contribution is 1.64. The van der Waals surface area contributed by atoms with Gasteiger partial charge in [-0.15, -0.1) is 0 Å². The maximum atomic E-state index is 3.81. The van der Waals surface area contributed by atoms with Gasteiger partial charge in [0.2, 0.25) is 0 Å². The monoisotopic (exact) mass is 186 g/mol. The molecule has 0 nitrogen and oxygen atoms in total. The fraction of sp³-hybridized carbons (Fsp3) is 1.00. The van der Waals surface area contributed by atoms with Gasteiger partial charge in [0.05, 0.1) is 0 Å². The van der Waals surface area contributed by atoms with Crippen LogP contribution in [0.2, 0.25) is 31.9 Å². The van der Waals surface area contributed by atoms with E-state index in [0.29, 0.717) is 0 Å². The molecule has 0 aliphatic rings. The Kier molecular flexibility index (Phi) is 4.27. The van der Waals surface area contributed by atoms with Crippen LogP contribution in [0.25, 0.3) is 0 Å². The summed E-state index contributed by atoms with van der Waals surface area (Å²) in [5, 5.41) is 0. The Morgan fingerprint density at radius 2 is 1.89 bits per heavy atom. The van der Waals surface area contributed by atoms with Gasteiger partial charge in [-0.2, -0.15) is 0 Å². The SMILES string of the molecule is C[Si][Si]([Si])C[Si](C)(C)C. The first-order valence-electron chi connectivity index (χ1n) is 3.21. The lowest BCUT2D eigenvalue weighted by Gasteiger charge is -2.18. The zero-order valence-electron chi connectivity index (χ0n) is 6.71. The summed E-state index contributed by atoms with van der Waals surface area (Å²) in [6.07, 6.45) is 0. The minimum Gasteiger partial charge on any atom is -0.0759 e. The Hall–Kier alpha value is 0.868. The van der Waals surface area contributed by atoms with Crippen LogP contribution in [0.4, 0.5) is 0 Å². The van der Waals surface area contributed by atoms with Gasteiger partial charge in [0.25, 0.3) is 0 Å². The summed E-state index contributed by atoms with van der Waals surface area (Å²) >= 11 is 0. The second-order valence-electron chi connectivity index (χ2n) is 3.47. The lowest BCUT2D eigenvalue weighted by Crippen LogP contribution is -2.33. The predicted molar refractivity (Wildman–Crippen MR) is 51.3 cm³/mol. The van der Waals surface area contributed by atoms with E-state index in [9.17, 15) is 0 Å². The van der Waals surface area contributed by atoms with Crippen molar-refractivity contribution < 1.29 is 0 Å². The van der Waals surface area contributed by atoms with Crippen molar-refractivity contribution in [3.63, 3.8) is 0 Å². The van der Waals surface area contributed by atoms with E-state index >= 15 is 0 Å². The Morgan fingerprint density at radius 3 is 2.00 bits per heavy atom. The average molecular weight is 187 g/mol. The molecule has 4 heteroatoms. The molecule has 50 valence electrons. The van der Waals surface area contributed by atoms with E-state index in [2.05, 4.69) is 35.9 Å². The van der Waals surface area contributed by atoms with E-state index in [4.69, 9.17) is 0 Å². The molecule has 0 aliphatic carbocycles. The summed E-state index contributed by atoms with van der Waals surface area (Å²) in [4.78, 5) is 0. The van der Waals surface area contributed by atoms with Crippen LogP contribution in [0, 0.1) is 0 Å². The molecule has 0 saturated heterocycles. The first-order valence-corrected chi connectivity index (χ1v) is 12.6. The third-order valence-electron chi connectivity index (χ3n) is 1.01. The molecule has 0 fully saturated rings. The molecular formula is C5H14Si4. The van der Waals surface area contributed by atoms with Crippen molar-refractivity contribution in [1.29, 1.82) is 0 Å². The van der Waals surface area contributed by atoms with E-state index < -0.39 is 8.07 Å². The van der Waals surface area contributed by atoms with Crippen LogP contribution in [-0.4, -0.2) is 34.7 Å². The molecule has 0 rings (SSSR count). The van der Waals surface area contributed by atoms with Crippen molar-refractivity contribution >= 4 is 34.7 Å². The third-order valence-corrected chi connectivity index (χ3v) is 14.5. The molecule has 0 saturated carbocycles. The predicted octanol–water partition coefficient (Wildman–Crippen LogP) is 1.27. The molecule has 6 radical (unpaired) electrons. The molecule has 0 aromatic heterocycles. The van der Waals surface area contributed by atoms with Gasteiger partial charge in [0.1, 0.15) is 0 Å². The van der Waals surface area contributed by atoms with Crippen LogP contribution in [0.5, 0.6) is 0 Å². The second kappa shape index (κ2) is 3.90. The summed E-state index contributed by atoms with van der Waals surface area (Å²) in [6, 6.07) is 0. The fourth-order valence-electron chi connectivity index (χ4n) is 0.619. The Bertz CT molecular complexity index is 75.5.